The second-order valence-corrected chi connectivity index (χ2v) is 4.02. The van der Waals surface area contributed by atoms with Crippen molar-refractivity contribution >= 4 is 18.3 Å². The number of amides is 1. The number of halogens is 1. The molecule has 3 nitrogen and oxygen atoms in total. The van der Waals surface area contributed by atoms with Crippen molar-refractivity contribution in [3.8, 4) is 0 Å². The number of hydrogen-bond acceptors (Lipinski definition) is 2. The Kier molecular flexibility index (Phi) is 3.19. The fourth-order valence-corrected chi connectivity index (χ4v) is 2.44. The van der Waals surface area contributed by atoms with Gasteiger partial charge < -0.3 is 10.2 Å². The molecule has 1 amide bonds. The lowest BCUT2D eigenvalue weighted by molar-refractivity contribution is -0.130. The summed E-state index contributed by atoms with van der Waals surface area (Å²) in [7, 11) is 0. The number of nitrogens with zero attached hydrogens (tertiary/aromatic N) is 1. The fraction of sp³-hybridized carbons (Fsp3) is 0.889. The van der Waals surface area contributed by atoms with E-state index in [1.54, 1.807) is 0 Å². The average molecular weight is 205 g/mol. The monoisotopic (exact) mass is 204 g/mol. The van der Waals surface area contributed by atoms with Gasteiger partial charge in [-0.2, -0.15) is 0 Å². The summed E-state index contributed by atoms with van der Waals surface area (Å²) < 4.78 is 0. The molecule has 2 aliphatic heterocycles. The van der Waals surface area contributed by atoms with Gasteiger partial charge in [-0.25, -0.2) is 0 Å². The normalized spacial score (nSPS) is 32.2. The van der Waals surface area contributed by atoms with E-state index in [0.29, 0.717) is 30.5 Å². The third-order valence-corrected chi connectivity index (χ3v) is 2.91. The van der Waals surface area contributed by atoms with Crippen LogP contribution in [0.2, 0.25) is 0 Å². The van der Waals surface area contributed by atoms with E-state index in [0.717, 1.165) is 13.0 Å². The molecular weight excluding hydrogens is 188 g/mol. The van der Waals surface area contributed by atoms with Gasteiger partial charge in [0.25, 0.3) is 0 Å². The molecule has 2 atom stereocenters. The first-order chi connectivity index (χ1) is 5.70. The van der Waals surface area contributed by atoms with Gasteiger partial charge in [0.15, 0.2) is 0 Å². The summed E-state index contributed by atoms with van der Waals surface area (Å²) in [6.07, 6.45) is 1.84. The van der Waals surface area contributed by atoms with Gasteiger partial charge in [0, 0.05) is 24.5 Å². The molecule has 0 aliphatic carbocycles. The number of nitrogens with one attached hydrogen (secondary N) is 1. The molecule has 76 valence electrons. The maximum Gasteiger partial charge on any atom is 0.224 e. The summed E-state index contributed by atoms with van der Waals surface area (Å²) in [5.74, 6) is 0.326. The molecule has 0 spiro atoms. The minimum absolute atomic E-state index is 0. The van der Waals surface area contributed by atoms with Crippen molar-refractivity contribution in [3.63, 3.8) is 0 Å². The third-order valence-electron chi connectivity index (χ3n) is 2.91. The SMILES string of the molecule is CC(C)N1C(=O)C[C@H]2NCC[C@H]21.Cl. The van der Waals surface area contributed by atoms with Crippen LogP contribution in [0, 0.1) is 0 Å². The molecule has 0 aromatic heterocycles. The van der Waals surface area contributed by atoms with Crippen LogP contribution in [-0.4, -0.2) is 35.5 Å². The van der Waals surface area contributed by atoms with E-state index in [1.165, 1.54) is 0 Å². The zero-order chi connectivity index (χ0) is 8.72. The van der Waals surface area contributed by atoms with Crippen molar-refractivity contribution in [2.24, 2.45) is 0 Å². The number of hydrogen-bond donors (Lipinski definition) is 1. The molecule has 1 N–H and O–H groups in total. The first-order valence-electron chi connectivity index (χ1n) is 4.74. The first kappa shape index (κ1) is 10.8. The van der Waals surface area contributed by atoms with Crippen molar-refractivity contribution in [3.05, 3.63) is 0 Å². The van der Waals surface area contributed by atoms with Crippen LogP contribution in [0.25, 0.3) is 0 Å². The van der Waals surface area contributed by atoms with Crippen molar-refractivity contribution in [2.75, 3.05) is 6.54 Å². The minimum Gasteiger partial charge on any atom is -0.336 e. The number of likely N-dealkylation sites (tertiary alicyclic amines) is 1. The van der Waals surface area contributed by atoms with Gasteiger partial charge in [-0.1, -0.05) is 0 Å². The third kappa shape index (κ3) is 1.67. The molecule has 0 unspecified atom stereocenters. The molecular formula is C9H17ClN2O. The Hall–Kier alpha value is -0.280. The fourth-order valence-electron chi connectivity index (χ4n) is 2.44. The van der Waals surface area contributed by atoms with E-state index < -0.39 is 0 Å². The predicted octanol–water partition coefficient (Wildman–Crippen LogP) is 0.779. The molecule has 0 saturated carbocycles. The molecule has 2 fully saturated rings. The number of rotatable bonds is 1. The standard InChI is InChI=1S/C9H16N2O.ClH/c1-6(2)11-8-3-4-10-7(8)5-9(11)12;/h6-8,10H,3-5H2,1-2H3;1H/t7-,8-;/m1./s1. The van der Waals surface area contributed by atoms with Crippen LogP contribution in [0.5, 0.6) is 0 Å². The van der Waals surface area contributed by atoms with Crippen LogP contribution >= 0.6 is 12.4 Å². The van der Waals surface area contributed by atoms with Gasteiger partial charge in [-0.05, 0) is 26.8 Å². The Morgan fingerprint density at radius 3 is 2.85 bits per heavy atom. The first-order valence-corrected chi connectivity index (χ1v) is 4.74. The maximum atomic E-state index is 11.5. The molecule has 0 bridgehead atoms. The summed E-state index contributed by atoms with van der Waals surface area (Å²) >= 11 is 0. The van der Waals surface area contributed by atoms with Crippen LogP contribution in [0.3, 0.4) is 0 Å². The molecule has 0 aromatic carbocycles. The van der Waals surface area contributed by atoms with E-state index >= 15 is 0 Å². The van der Waals surface area contributed by atoms with Crippen LogP contribution in [0.15, 0.2) is 0 Å². The van der Waals surface area contributed by atoms with Gasteiger partial charge >= 0.3 is 0 Å². The number of fused-ring (bicyclic) bond motifs is 1. The summed E-state index contributed by atoms with van der Waals surface area (Å²) in [5.41, 5.74) is 0. The Morgan fingerprint density at radius 2 is 2.23 bits per heavy atom. The zero-order valence-electron chi connectivity index (χ0n) is 8.12. The lowest BCUT2D eigenvalue weighted by atomic mass is 10.1. The van der Waals surface area contributed by atoms with Gasteiger partial charge in [0.2, 0.25) is 5.91 Å². The molecule has 2 heterocycles. The van der Waals surface area contributed by atoms with E-state index in [2.05, 4.69) is 19.2 Å². The largest absolute Gasteiger partial charge is 0.336 e. The van der Waals surface area contributed by atoms with Gasteiger partial charge in [-0.15, -0.1) is 12.4 Å². The van der Waals surface area contributed by atoms with Crippen molar-refractivity contribution in [2.45, 2.75) is 44.8 Å². The highest BCUT2D eigenvalue weighted by atomic mass is 35.5. The highest BCUT2D eigenvalue weighted by Gasteiger charge is 2.43. The van der Waals surface area contributed by atoms with Crippen molar-refractivity contribution in [1.82, 2.24) is 10.2 Å². The van der Waals surface area contributed by atoms with E-state index in [1.807, 2.05) is 4.90 Å². The topological polar surface area (TPSA) is 32.3 Å². The summed E-state index contributed by atoms with van der Waals surface area (Å²) in [5, 5.41) is 3.37. The summed E-state index contributed by atoms with van der Waals surface area (Å²) in [6, 6.07) is 1.30. The Bertz CT molecular complexity index is 208. The van der Waals surface area contributed by atoms with Gasteiger partial charge in [0.05, 0.1) is 0 Å². The second kappa shape index (κ2) is 3.84. The zero-order valence-corrected chi connectivity index (χ0v) is 8.93. The lowest BCUT2D eigenvalue weighted by Gasteiger charge is -2.27. The molecule has 0 radical (unpaired) electrons. The Balaban J connectivity index is 0.000000845. The quantitative estimate of drug-likeness (QED) is 0.685. The van der Waals surface area contributed by atoms with Crippen molar-refractivity contribution < 1.29 is 4.79 Å². The van der Waals surface area contributed by atoms with E-state index in [9.17, 15) is 4.79 Å². The van der Waals surface area contributed by atoms with Crippen molar-refractivity contribution in [1.29, 1.82) is 0 Å². The molecule has 13 heavy (non-hydrogen) atoms. The predicted molar refractivity (Wildman–Crippen MR) is 54.0 cm³/mol. The number of carbonyl (C=O) groups excluding carboxylic acids is 1. The van der Waals surface area contributed by atoms with Crippen LogP contribution in [0.4, 0.5) is 0 Å². The van der Waals surface area contributed by atoms with E-state index in [4.69, 9.17) is 0 Å². The summed E-state index contributed by atoms with van der Waals surface area (Å²) in [4.78, 5) is 13.6. The summed E-state index contributed by atoms with van der Waals surface area (Å²) in [6.45, 7) is 5.27. The van der Waals surface area contributed by atoms with Gasteiger partial charge in [-0.3, -0.25) is 4.79 Å². The molecule has 2 aliphatic rings. The Morgan fingerprint density at radius 1 is 1.54 bits per heavy atom. The van der Waals surface area contributed by atoms with Crippen LogP contribution < -0.4 is 5.32 Å². The molecule has 2 rings (SSSR count). The average Bonchev–Trinajstić information content (AvgIpc) is 2.44. The van der Waals surface area contributed by atoms with Crippen LogP contribution in [0.1, 0.15) is 26.7 Å². The molecule has 0 aromatic rings. The van der Waals surface area contributed by atoms with E-state index in [-0.39, 0.29) is 12.4 Å². The smallest absolute Gasteiger partial charge is 0.224 e. The Labute approximate surface area is 85.3 Å². The number of carbonyl (C=O) groups is 1. The maximum absolute atomic E-state index is 11.5. The second-order valence-electron chi connectivity index (χ2n) is 4.02. The minimum atomic E-state index is 0. The van der Waals surface area contributed by atoms with Crippen LogP contribution in [-0.2, 0) is 4.79 Å². The highest BCUT2D eigenvalue weighted by Crippen LogP contribution is 2.27. The highest BCUT2D eigenvalue weighted by molar-refractivity contribution is 5.85. The molecule has 2 saturated heterocycles. The lowest BCUT2D eigenvalue weighted by Crippen LogP contribution is -2.40. The molecule has 4 heteroatoms. The van der Waals surface area contributed by atoms with Gasteiger partial charge in [0.1, 0.15) is 0 Å².